The number of hydrogen-bond acceptors (Lipinski definition) is 8. The first-order valence-corrected chi connectivity index (χ1v) is 13.3. The molecule has 2 aromatic carbocycles. The average molecular weight is 529 g/mol. The monoisotopic (exact) mass is 528 g/mol. The third kappa shape index (κ3) is 2.37. The summed E-state index contributed by atoms with van der Waals surface area (Å²) in [6.45, 7) is 0.679. The van der Waals surface area contributed by atoms with E-state index in [1.165, 1.54) is 11.1 Å². The second kappa shape index (κ2) is 7.31. The van der Waals surface area contributed by atoms with Crippen LogP contribution in [0.4, 0.5) is 0 Å². The lowest BCUT2D eigenvalue weighted by Gasteiger charge is -2.70. The summed E-state index contributed by atoms with van der Waals surface area (Å²) < 4.78 is 25.5. The van der Waals surface area contributed by atoms with E-state index < -0.39 is 5.60 Å². The zero-order chi connectivity index (χ0) is 25.9. The fourth-order valence-electron chi connectivity index (χ4n) is 8.47. The molecule has 2 spiro atoms. The summed E-state index contributed by atoms with van der Waals surface area (Å²) in [4.78, 5) is 1.97. The van der Waals surface area contributed by atoms with Gasteiger partial charge in [0.25, 0.3) is 0 Å². The van der Waals surface area contributed by atoms with Crippen LogP contribution in [-0.2, 0) is 16.6 Å². The average Bonchev–Trinajstić information content (AvgIpc) is 3.57. The Hall–Kier alpha value is -3.54. The molecule has 1 saturated carbocycles. The number of benzene rings is 2. The summed E-state index contributed by atoms with van der Waals surface area (Å²) >= 11 is 6.08. The Balaban J connectivity index is 1.34. The van der Waals surface area contributed by atoms with Crippen LogP contribution >= 0.6 is 11.6 Å². The van der Waals surface area contributed by atoms with Gasteiger partial charge in [0, 0.05) is 35.2 Å². The van der Waals surface area contributed by atoms with Crippen LogP contribution in [0.15, 0.2) is 53.0 Å². The van der Waals surface area contributed by atoms with Crippen LogP contribution in [0.2, 0.25) is 5.02 Å². The van der Waals surface area contributed by atoms with E-state index in [-0.39, 0.29) is 28.9 Å². The van der Waals surface area contributed by atoms with Crippen molar-refractivity contribution in [3.63, 3.8) is 0 Å². The minimum absolute atomic E-state index is 0.00763. The fraction of sp³-hybridized carbons (Fsp3) is 0.414. The molecule has 6 aliphatic rings. The van der Waals surface area contributed by atoms with Crippen LogP contribution in [0.25, 0.3) is 11.5 Å². The van der Waals surface area contributed by atoms with Gasteiger partial charge >= 0.3 is 0 Å². The van der Waals surface area contributed by atoms with Gasteiger partial charge in [0.05, 0.1) is 24.5 Å². The third-order valence-electron chi connectivity index (χ3n) is 9.97. The second-order valence-corrected chi connectivity index (χ2v) is 11.4. The van der Waals surface area contributed by atoms with Crippen molar-refractivity contribution in [2.45, 2.75) is 48.3 Å². The first-order valence-electron chi connectivity index (χ1n) is 12.9. The Labute approximate surface area is 224 Å². The molecular formula is C29H25ClN4O4. The largest absolute Gasteiger partial charge is 0.493 e. The summed E-state index contributed by atoms with van der Waals surface area (Å²) in [5, 5.41) is 19.7. The Bertz CT molecular complexity index is 1560. The molecule has 9 heteroatoms. The smallest absolute Gasteiger partial charge is 0.247 e. The van der Waals surface area contributed by atoms with E-state index >= 15 is 0 Å². The number of ether oxygens (including phenoxy) is 3. The first-order chi connectivity index (χ1) is 18.5. The van der Waals surface area contributed by atoms with E-state index in [0.717, 1.165) is 29.9 Å². The van der Waals surface area contributed by atoms with Crippen molar-refractivity contribution in [1.29, 1.82) is 5.26 Å². The third-order valence-corrected chi connectivity index (χ3v) is 10.2. The molecule has 0 unspecified atom stereocenters. The van der Waals surface area contributed by atoms with Gasteiger partial charge in [-0.15, -0.1) is 10.2 Å². The summed E-state index contributed by atoms with van der Waals surface area (Å²) in [7, 11) is 3.41. The Morgan fingerprint density at radius 1 is 1.13 bits per heavy atom. The Morgan fingerprint density at radius 2 is 1.97 bits per heavy atom. The van der Waals surface area contributed by atoms with Gasteiger partial charge < -0.3 is 23.5 Å². The number of piperidine rings is 1. The van der Waals surface area contributed by atoms with Crippen LogP contribution in [0.3, 0.4) is 0 Å². The Kier molecular flexibility index (Phi) is 4.32. The van der Waals surface area contributed by atoms with Crippen molar-refractivity contribution in [3.8, 4) is 29.1 Å². The van der Waals surface area contributed by atoms with Crippen LogP contribution in [-0.4, -0.2) is 53.6 Å². The van der Waals surface area contributed by atoms with Gasteiger partial charge in [0.2, 0.25) is 11.8 Å². The van der Waals surface area contributed by atoms with Crippen LogP contribution in [0, 0.1) is 16.9 Å². The second-order valence-electron chi connectivity index (χ2n) is 11.0. The lowest BCUT2D eigenvalue weighted by molar-refractivity contribution is -0.197. The summed E-state index contributed by atoms with van der Waals surface area (Å²) in [6, 6.07) is 11.5. The van der Waals surface area contributed by atoms with Gasteiger partial charge in [-0.3, -0.25) is 0 Å². The lowest BCUT2D eigenvalue weighted by Crippen LogP contribution is -2.78. The van der Waals surface area contributed by atoms with Crippen LogP contribution in [0.5, 0.6) is 11.5 Å². The normalized spacial score (nSPS) is 35.0. The number of likely N-dealkylation sites (tertiary alicyclic amines) is 1. The number of nitriles is 1. The zero-order valence-electron chi connectivity index (χ0n) is 21.0. The maximum absolute atomic E-state index is 10.2. The molecular weight excluding hydrogens is 504 g/mol. The number of nitrogens with zero attached hydrogens (tertiary/aromatic N) is 4. The minimum atomic E-state index is -0.830. The van der Waals surface area contributed by atoms with Crippen molar-refractivity contribution in [2.75, 3.05) is 20.8 Å². The van der Waals surface area contributed by atoms with Crippen molar-refractivity contribution < 1.29 is 18.6 Å². The van der Waals surface area contributed by atoms with Gasteiger partial charge in [0.1, 0.15) is 11.7 Å². The molecule has 0 N–H and O–H groups in total. The molecule has 4 bridgehead atoms. The topological polar surface area (TPSA) is 93.6 Å². The van der Waals surface area contributed by atoms with E-state index in [0.29, 0.717) is 29.8 Å². The van der Waals surface area contributed by atoms with E-state index in [1.54, 1.807) is 26.4 Å². The van der Waals surface area contributed by atoms with Gasteiger partial charge in [-0.1, -0.05) is 29.8 Å². The highest BCUT2D eigenvalue weighted by molar-refractivity contribution is 6.30. The SMILES string of the molecule is COc1ccc2c3c1O[C@@H]1[C@@]4(OC)C=C[C@@]5(C[C@H]4c4nnc(-c6ccc(Cl)cc6)o4)[C@@H](C2)N(C#N)CC[C@]315. The molecule has 3 heterocycles. The number of halogens is 1. The fourth-order valence-corrected chi connectivity index (χ4v) is 8.60. The number of rotatable bonds is 4. The predicted octanol–water partition coefficient (Wildman–Crippen LogP) is 4.64. The van der Waals surface area contributed by atoms with Crippen LogP contribution in [0.1, 0.15) is 35.8 Å². The highest BCUT2D eigenvalue weighted by Gasteiger charge is 2.80. The maximum atomic E-state index is 10.2. The molecule has 0 amide bonds. The summed E-state index contributed by atoms with van der Waals surface area (Å²) in [5.74, 6) is 2.22. The number of aromatic nitrogens is 2. The Morgan fingerprint density at radius 3 is 2.74 bits per heavy atom. The molecule has 1 saturated heterocycles. The van der Waals surface area contributed by atoms with Gasteiger partial charge in [-0.25, -0.2) is 0 Å². The number of methoxy groups -OCH3 is 2. The quantitative estimate of drug-likeness (QED) is 0.357. The minimum Gasteiger partial charge on any atom is -0.493 e. The first kappa shape index (κ1) is 22.4. The zero-order valence-corrected chi connectivity index (χ0v) is 21.7. The molecule has 6 atom stereocenters. The van der Waals surface area contributed by atoms with Crippen molar-refractivity contribution in [3.05, 3.63) is 70.6 Å². The standard InChI is InChI=1S/C29H25ClN4O4/c1-35-20-8-5-17-13-21-27-9-10-29(36-2,26-28(27,11-12-34(21)15-31)22(17)23(20)37-26)19(14-27)25-33-32-24(38-25)16-3-6-18(30)7-4-16/h3-10,19,21,26H,11-14H2,1-2H3/t19-,21+,26-,27+,28-,29+/m0/s1. The molecule has 2 fully saturated rings. The summed E-state index contributed by atoms with van der Waals surface area (Å²) in [5.41, 5.74) is 1.72. The van der Waals surface area contributed by atoms with Gasteiger partial charge in [-0.2, -0.15) is 5.26 Å². The number of hydrogen-bond donors (Lipinski definition) is 0. The molecule has 4 aliphatic carbocycles. The highest BCUT2D eigenvalue weighted by Crippen LogP contribution is 2.75. The number of fused-ring (bicyclic) bond motifs is 1. The summed E-state index contributed by atoms with van der Waals surface area (Å²) in [6.07, 6.45) is 8.88. The molecule has 1 aromatic heterocycles. The maximum Gasteiger partial charge on any atom is 0.247 e. The van der Waals surface area contributed by atoms with Gasteiger partial charge in [0.15, 0.2) is 17.7 Å². The molecule has 0 radical (unpaired) electrons. The molecule has 2 aliphatic heterocycles. The highest BCUT2D eigenvalue weighted by atomic mass is 35.5. The van der Waals surface area contributed by atoms with E-state index in [2.05, 4.69) is 34.6 Å². The van der Waals surface area contributed by atoms with Crippen molar-refractivity contribution >= 4 is 11.6 Å². The van der Waals surface area contributed by atoms with Gasteiger partial charge in [-0.05, 0) is 55.2 Å². The van der Waals surface area contributed by atoms with E-state index in [4.69, 9.17) is 30.2 Å². The molecule has 192 valence electrons. The predicted molar refractivity (Wildman–Crippen MR) is 137 cm³/mol. The molecule has 9 rings (SSSR count). The molecule has 3 aromatic rings. The van der Waals surface area contributed by atoms with Crippen LogP contribution < -0.4 is 9.47 Å². The van der Waals surface area contributed by atoms with Crippen molar-refractivity contribution in [1.82, 2.24) is 15.1 Å². The van der Waals surface area contributed by atoms with E-state index in [9.17, 15) is 5.26 Å². The molecule has 38 heavy (non-hydrogen) atoms. The lowest BCUT2D eigenvalue weighted by atomic mass is 9.37. The van der Waals surface area contributed by atoms with E-state index in [1.807, 2.05) is 23.1 Å². The van der Waals surface area contributed by atoms with Crippen molar-refractivity contribution in [2.24, 2.45) is 5.41 Å². The molecule has 8 nitrogen and oxygen atoms in total.